The first kappa shape index (κ1) is 36.3. The lowest BCUT2D eigenvalue weighted by atomic mass is 9.93. The first-order chi connectivity index (χ1) is 32.2. The molecule has 0 radical (unpaired) electrons. The zero-order valence-corrected chi connectivity index (χ0v) is 35.9. The number of para-hydroxylation sites is 1. The molecule has 0 amide bonds. The highest BCUT2D eigenvalue weighted by molar-refractivity contribution is 7.26. The molecule has 0 unspecified atom stereocenters. The first-order valence-electron chi connectivity index (χ1n) is 22.2. The van der Waals surface area contributed by atoms with Gasteiger partial charge in [0.25, 0.3) is 0 Å². The molecule has 0 aliphatic heterocycles. The number of nitrogens with zero attached hydrogens (tertiary/aromatic N) is 1. The molecule has 0 spiro atoms. The summed E-state index contributed by atoms with van der Waals surface area (Å²) in [6, 6.07) is 82.7. The van der Waals surface area contributed by atoms with Gasteiger partial charge < -0.3 is 9.32 Å². The lowest BCUT2D eigenvalue weighted by Crippen LogP contribution is -2.11. The maximum absolute atomic E-state index is 6.32. The zero-order valence-electron chi connectivity index (χ0n) is 35.1. The predicted octanol–water partition coefficient (Wildman–Crippen LogP) is 18.5. The molecule has 0 saturated heterocycles. The molecule has 0 N–H and O–H groups in total. The molecule has 2 aromatic heterocycles. The fraction of sp³-hybridized carbons (Fsp3) is 0. The Kier molecular flexibility index (Phi) is 7.89. The Labute approximate surface area is 378 Å². The number of rotatable bonds is 5. The van der Waals surface area contributed by atoms with Crippen LogP contribution in [-0.2, 0) is 0 Å². The van der Waals surface area contributed by atoms with Gasteiger partial charge in [0.05, 0.1) is 5.69 Å². The van der Waals surface area contributed by atoms with Crippen LogP contribution in [-0.4, -0.2) is 0 Å². The first-order valence-corrected chi connectivity index (χ1v) is 23.0. The largest absolute Gasteiger partial charge is 0.456 e. The molecule has 0 atom stereocenters. The third kappa shape index (κ3) is 5.66. The van der Waals surface area contributed by atoms with Gasteiger partial charge in [0.15, 0.2) is 0 Å². The van der Waals surface area contributed by atoms with E-state index in [9.17, 15) is 0 Å². The van der Waals surface area contributed by atoms with Crippen LogP contribution in [0, 0.1) is 0 Å². The molecule has 3 heteroatoms. The molecular formula is C62H37NOS. The van der Waals surface area contributed by atoms with E-state index in [2.05, 4.69) is 223 Å². The van der Waals surface area contributed by atoms with Crippen LogP contribution >= 0.6 is 11.3 Å². The summed E-state index contributed by atoms with van der Waals surface area (Å²) in [5, 5.41) is 17.1. The van der Waals surface area contributed by atoms with Gasteiger partial charge in [-0.2, -0.15) is 0 Å². The van der Waals surface area contributed by atoms with Gasteiger partial charge in [-0.05, 0) is 137 Å². The molecule has 0 fully saturated rings. The Hall–Kier alpha value is -8.24. The van der Waals surface area contributed by atoms with E-state index in [0.717, 1.165) is 44.6 Å². The van der Waals surface area contributed by atoms with Crippen molar-refractivity contribution in [1.29, 1.82) is 0 Å². The highest BCUT2D eigenvalue weighted by atomic mass is 32.1. The Morgan fingerprint density at radius 3 is 1.52 bits per heavy atom. The molecule has 12 aromatic carbocycles. The second-order valence-electron chi connectivity index (χ2n) is 17.2. The third-order valence-electron chi connectivity index (χ3n) is 13.6. The average molecular weight is 844 g/mol. The van der Waals surface area contributed by atoms with E-state index in [0.29, 0.717) is 0 Å². The van der Waals surface area contributed by atoms with Gasteiger partial charge in [0.1, 0.15) is 11.2 Å². The van der Waals surface area contributed by atoms with Crippen LogP contribution in [0.5, 0.6) is 0 Å². The minimum absolute atomic E-state index is 0.894. The van der Waals surface area contributed by atoms with Gasteiger partial charge in [0.2, 0.25) is 0 Å². The summed E-state index contributed by atoms with van der Waals surface area (Å²) in [4.78, 5) is 2.51. The lowest BCUT2D eigenvalue weighted by molar-refractivity contribution is 0.669. The third-order valence-corrected chi connectivity index (χ3v) is 14.7. The van der Waals surface area contributed by atoms with E-state index in [1.165, 1.54) is 90.7 Å². The van der Waals surface area contributed by atoms with Gasteiger partial charge in [-0.1, -0.05) is 158 Å². The normalized spacial score (nSPS) is 12.0. The smallest absolute Gasteiger partial charge is 0.135 e. The predicted molar refractivity (Wildman–Crippen MR) is 280 cm³/mol. The number of hydrogen-bond acceptors (Lipinski definition) is 3. The van der Waals surface area contributed by atoms with E-state index in [1.807, 2.05) is 17.4 Å². The number of benzene rings is 12. The summed E-state index contributed by atoms with van der Waals surface area (Å²) in [5.41, 5.74) is 9.82. The molecule has 0 aliphatic carbocycles. The molecule has 302 valence electrons. The van der Waals surface area contributed by atoms with Gasteiger partial charge in [-0.3, -0.25) is 0 Å². The molecular weight excluding hydrogens is 807 g/mol. The number of thiophene rings is 1. The van der Waals surface area contributed by atoms with E-state index < -0.39 is 0 Å². The Balaban J connectivity index is 1.06. The van der Waals surface area contributed by atoms with Crippen molar-refractivity contribution in [2.24, 2.45) is 0 Å². The van der Waals surface area contributed by atoms with Gasteiger partial charge in [0, 0.05) is 47.7 Å². The SMILES string of the molecule is c1ccc2c(-c3ccc4oc5ccccc5c4c3)cc(N(c3cc(-c4ccc5sc6ccc7ccccc7c6c5c4)c4ccccc4c3)c3cc4ccccc4c4ccccc34)cc2c1. The Morgan fingerprint density at radius 1 is 0.308 bits per heavy atom. The quantitative estimate of drug-likeness (QED) is 0.161. The molecule has 2 nitrogen and oxygen atoms in total. The number of fused-ring (bicyclic) bond motifs is 13. The molecule has 0 bridgehead atoms. The second-order valence-corrected chi connectivity index (χ2v) is 18.3. The Morgan fingerprint density at radius 2 is 0.815 bits per heavy atom. The molecule has 0 aliphatic rings. The van der Waals surface area contributed by atoms with Crippen molar-refractivity contribution in [3.63, 3.8) is 0 Å². The summed E-state index contributed by atoms with van der Waals surface area (Å²) in [6.07, 6.45) is 0. The van der Waals surface area contributed by atoms with E-state index in [4.69, 9.17) is 4.42 Å². The topological polar surface area (TPSA) is 16.4 Å². The second kappa shape index (κ2) is 14.1. The standard InChI is InChI=1S/C62H37NOS/c1-8-20-49-38(13-1)26-30-61-62(49)56-34-43(27-29-60(56)65-61)54-37-45(32-40-15-3-7-19-48(40)54)63(57-35-41-16-4-5-17-46(41)50-21-9-10-22-51(50)57)44-31-39-14-2-6-18-47(39)53(36-44)42-25-28-59-55(33-42)52-23-11-12-24-58(52)64-59/h1-37H. The molecule has 65 heavy (non-hydrogen) atoms. The van der Waals surface area contributed by atoms with Crippen molar-refractivity contribution >= 4 is 124 Å². The molecule has 14 aromatic rings. The van der Waals surface area contributed by atoms with Gasteiger partial charge in [-0.25, -0.2) is 0 Å². The van der Waals surface area contributed by atoms with E-state index in [1.54, 1.807) is 0 Å². The van der Waals surface area contributed by atoms with Crippen LogP contribution in [0.2, 0.25) is 0 Å². The summed E-state index contributed by atoms with van der Waals surface area (Å²) >= 11 is 1.88. The molecule has 0 saturated carbocycles. The summed E-state index contributed by atoms with van der Waals surface area (Å²) in [5.74, 6) is 0. The Bertz CT molecular complexity index is 4270. The highest BCUT2D eigenvalue weighted by Gasteiger charge is 2.22. The van der Waals surface area contributed by atoms with Crippen molar-refractivity contribution in [2.75, 3.05) is 4.90 Å². The van der Waals surface area contributed by atoms with Crippen LogP contribution in [0.25, 0.3) is 118 Å². The van der Waals surface area contributed by atoms with Crippen molar-refractivity contribution in [2.45, 2.75) is 0 Å². The van der Waals surface area contributed by atoms with Gasteiger partial charge in [-0.15, -0.1) is 11.3 Å². The minimum Gasteiger partial charge on any atom is -0.456 e. The van der Waals surface area contributed by atoms with E-state index in [-0.39, 0.29) is 0 Å². The summed E-state index contributed by atoms with van der Waals surface area (Å²) in [6.45, 7) is 0. The zero-order chi connectivity index (χ0) is 42.6. The van der Waals surface area contributed by atoms with Crippen molar-refractivity contribution in [3.05, 3.63) is 224 Å². The van der Waals surface area contributed by atoms with Crippen molar-refractivity contribution < 1.29 is 4.42 Å². The number of hydrogen-bond donors (Lipinski definition) is 0. The summed E-state index contributed by atoms with van der Waals surface area (Å²) < 4.78 is 8.94. The van der Waals surface area contributed by atoms with Crippen LogP contribution < -0.4 is 4.90 Å². The van der Waals surface area contributed by atoms with Crippen LogP contribution in [0.3, 0.4) is 0 Å². The van der Waals surface area contributed by atoms with Crippen molar-refractivity contribution in [1.82, 2.24) is 0 Å². The fourth-order valence-corrected chi connectivity index (χ4v) is 11.7. The maximum Gasteiger partial charge on any atom is 0.135 e. The van der Waals surface area contributed by atoms with Crippen LogP contribution in [0.4, 0.5) is 17.1 Å². The van der Waals surface area contributed by atoms with Crippen molar-refractivity contribution in [3.8, 4) is 22.3 Å². The lowest BCUT2D eigenvalue weighted by Gasteiger charge is -2.29. The van der Waals surface area contributed by atoms with Crippen LogP contribution in [0.15, 0.2) is 229 Å². The summed E-state index contributed by atoms with van der Waals surface area (Å²) in [7, 11) is 0. The monoisotopic (exact) mass is 843 g/mol. The number of furan rings is 1. The highest BCUT2D eigenvalue weighted by Crippen LogP contribution is 2.48. The van der Waals surface area contributed by atoms with Gasteiger partial charge >= 0.3 is 0 Å². The maximum atomic E-state index is 6.32. The molecule has 14 rings (SSSR count). The van der Waals surface area contributed by atoms with Crippen LogP contribution in [0.1, 0.15) is 0 Å². The molecule has 2 heterocycles. The average Bonchev–Trinajstić information content (AvgIpc) is 3.94. The minimum atomic E-state index is 0.894. The fourth-order valence-electron chi connectivity index (χ4n) is 10.6. The van der Waals surface area contributed by atoms with E-state index >= 15 is 0 Å². The number of anilines is 3.